The molecule has 18 heavy (non-hydrogen) atoms. The van der Waals surface area contributed by atoms with Gasteiger partial charge in [-0.15, -0.1) is 0 Å². The zero-order valence-electron chi connectivity index (χ0n) is 10.3. The zero-order chi connectivity index (χ0) is 12.8. The molecule has 0 unspecified atom stereocenters. The van der Waals surface area contributed by atoms with E-state index in [9.17, 15) is 4.79 Å². The topological polar surface area (TPSA) is 54.3 Å². The lowest BCUT2D eigenvalue weighted by atomic mass is 10.2. The Bertz CT molecular complexity index is 506. The fourth-order valence-corrected chi connectivity index (χ4v) is 1.63. The van der Waals surface area contributed by atoms with Gasteiger partial charge in [0.05, 0.1) is 6.26 Å². The highest BCUT2D eigenvalue weighted by molar-refractivity contribution is 6.02. The van der Waals surface area contributed by atoms with Crippen molar-refractivity contribution < 1.29 is 9.21 Å². The van der Waals surface area contributed by atoms with Crippen LogP contribution in [0.4, 0.5) is 5.69 Å². The molecule has 0 saturated heterocycles. The molecular formula is C14H16N2O2. The van der Waals surface area contributed by atoms with Crippen molar-refractivity contribution in [3.05, 3.63) is 54.0 Å². The van der Waals surface area contributed by atoms with Crippen molar-refractivity contribution in [2.45, 2.75) is 13.5 Å². The van der Waals surface area contributed by atoms with E-state index in [0.717, 1.165) is 24.3 Å². The predicted octanol–water partition coefficient (Wildman–Crippen LogP) is 2.64. The number of amides is 1. The monoisotopic (exact) mass is 244 g/mol. The van der Waals surface area contributed by atoms with E-state index in [0.29, 0.717) is 5.76 Å². The summed E-state index contributed by atoms with van der Waals surface area (Å²) in [5.74, 6) is 0.0766. The Balaban J connectivity index is 2.03. The summed E-state index contributed by atoms with van der Waals surface area (Å²) in [6.45, 7) is 3.77. The Morgan fingerprint density at radius 3 is 2.89 bits per heavy atom. The highest BCUT2D eigenvalue weighted by Gasteiger charge is 2.08. The SMILES string of the molecule is CCNCc1cccc(NC(=O)c2ccco2)c1. The number of carbonyl (C=O) groups is 1. The first-order valence-electron chi connectivity index (χ1n) is 5.94. The van der Waals surface area contributed by atoms with E-state index in [1.54, 1.807) is 12.1 Å². The molecule has 0 aliphatic heterocycles. The summed E-state index contributed by atoms with van der Waals surface area (Å²) in [5.41, 5.74) is 1.90. The molecule has 2 N–H and O–H groups in total. The van der Waals surface area contributed by atoms with Gasteiger partial charge in [-0.25, -0.2) is 0 Å². The van der Waals surface area contributed by atoms with E-state index in [-0.39, 0.29) is 5.91 Å². The number of hydrogen-bond donors (Lipinski definition) is 2. The molecule has 2 rings (SSSR count). The summed E-state index contributed by atoms with van der Waals surface area (Å²) in [6.07, 6.45) is 1.48. The average Bonchev–Trinajstić information content (AvgIpc) is 2.91. The first kappa shape index (κ1) is 12.4. The van der Waals surface area contributed by atoms with Crippen molar-refractivity contribution >= 4 is 11.6 Å². The van der Waals surface area contributed by atoms with Crippen LogP contribution < -0.4 is 10.6 Å². The normalized spacial score (nSPS) is 10.3. The Morgan fingerprint density at radius 2 is 2.17 bits per heavy atom. The lowest BCUT2D eigenvalue weighted by Crippen LogP contribution is -2.13. The van der Waals surface area contributed by atoms with Gasteiger partial charge in [-0.3, -0.25) is 4.79 Å². The number of anilines is 1. The number of nitrogens with one attached hydrogen (secondary N) is 2. The van der Waals surface area contributed by atoms with E-state index in [2.05, 4.69) is 17.6 Å². The predicted molar refractivity (Wildman–Crippen MR) is 70.5 cm³/mol. The van der Waals surface area contributed by atoms with E-state index < -0.39 is 0 Å². The van der Waals surface area contributed by atoms with Gasteiger partial charge in [0.1, 0.15) is 0 Å². The minimum Gasteiger partial charge on any atom is -0.459 e. The van der Waals surface area contributed by atoms with Crippen LogP contribution in [0, 0.1) is 0 Å². The smallest absolute Gasteiger partial charge is 0.291 e. The minimum absolute atomic E-state index is 0.236. The van der Waals surface area contributed by atoms with Gasteiger partial charge in [0.25, 0.3) is 5.91 Å². The molecule has 0 fully saturated rings. The number of furan rings is 1. The van der Waals surface area contributed by atoms with Crippen LogP contribution in [0.1, 0.15) is 23.0 Å². The van der Waals surface area contributed by atoms with E-state index in [4.69, 9.17) is 4.42 Å². The van der Waals surface area contributed by atoms with Crippen molar-refractivity contribution in [1.29, 1.82) is 0 Å². The molecule has 0 bridgehead atoms. The molecule has 1 heterocycles. The summed E-state index contributed by atoms with van der Waals surface area (Å²) < 4.78 is 5.04. The molecule has 0 saturated carbocycles. The first-order valence-corrected chi connectivity index (χ1v) is 5.94. The summed E-state index contributed by atoms with van der Waals surface area (Å²) in [7, 11) is 0. The fraction of sp³-hybridized carbons (Fsp3) is 0.214. The van der Waals surface area contributed by atoms with Crippen LogP contribution in [0.2, 0.25) is 0 Å². The maximum Gasteiger partial charge on any atom is 0.291 e. The molecule has 0 aliphatic carbocycles. The number of benzene rings is 1. The Morgan fingerprint density at radius 1 is 1.28 bits per heavy atom. The molecule has 0 spiro atoms. The molecule has 1 aromatic carbocycles. The van der Waals surface area contributed by atoms with Crippen molar-refractivity contribution in [2.24, 2.45) is 0 Å². The van der Waals surface area contributed by atoms with Gasteiger partial charge in [-0.1, -0.05) is 19.1 Å². The van der Waals surface area contributed by atoms with E-state index in [1.807, 2.05) is 24.3 Å². The van der Waals surface area contributed by atoms with Gasteiger partial charge in [-0.2, -0.15) is 0 Å². The van der Waals surface area contributed by atoms with Gasteiger partial charge in [0, 0.05) is 12.2 Å². The highest BCUT2D eigenvalue weighted by Crippen LogP contribution is 2.12. The van der Waals surface area contributed by atoms with Crippen LogP contribution in [0.15, 0.2) is 47.1 Å². The third kappa shape index (κ3) is 3.21. The number of hydrogen-bond acceptors (Lipinski definition) is 3. The fourth-order valence-electron chi connectivity index (χ4n) is 1.63. The molecule has 2 aromatic rings. The van der Waals surface area contributed by atoms with Gasteiger partial charge >= 0.3 is 0 Å². The number of carbonyl (C=O) groups excluding carboxylic acids is 1. The Kier molecular flexibility index (Phi) is 4.15. The van der Waals surface area contributed by atoms with Gasteiger partial charge in [0.2, 0.25) is 0 Å². The second-order valence-corrected chi connectivity index (χ2v) is 3.91. The van der Waals surface area contributed by atoms with Gasteiger partial charge < -0.3 is 15.1 Å². The highest BCUT2D eigenvalue weighted by atomic mass is 16.3. The van der Waals surface area contributed by atoms with Crippen LogP contribution in [0.5, 0.6) is 0 Å². The molecule has 0 atom stereocenters. The largest absolute Gasteiger partial charge is 0.459 e. The van der Waals surface area contributed by atoms with Crippen LogP contribution in [-0.2, 0) is 6.54 Å². The van der Waals surface area contributed by atoms with Gasteiger partial charge in [0.15, 0.2) is 5.76 Å². The standard InChI is InChI=1S/C14H16N2O2/c1-2-15-10-11-5-3-6-12(9-11)16-14(17)13-7-4-8-18-13/h3-9,15H,2,10H2,1H3,(H,16,17). The molecule has 94 valence electrons. The summed E-state index contributed by atoms with van der Waals surface area (Å²) in [6, 6.07) is 11.1. The lowest BCUT2D eigenvalue weighted by molar-refractivity contribution is 0.0996. The van der Waals surface area contributed by atoms with E-state index >= 15 is 0 Å². The maximum atomic E-state index is 11.8. The molecule has 4 nitrogen and oxygen atoms in total. The van der Waals surface area contributed by atoms with Gasteiger partial charge in [-0.05, 0) is 36.4 Å². The van der Waals surface area contributed by atoms with Crippen LogP contribution in [-0.4, -0.2) is 12.5 Å². The Labute approximate surface area is 106 Å². The molecule has 1 aromatic heterocycles. The van der Waals surface area contributed by atoms with Crippen LogP contribution in [0.25, 0.3) is 0 Å². The second kappa shape index (κ2) is 6.02. The second-order valence-electron chi connectivity index (χ2n) is 3.91. The lowest BCUT2D eigenvalue weighted by Gasteiger charge is -2.06. The quantitative estimate of drug-likeness (QED) is 0.850. The first-order chi connectivity index (χ1) is 8.79. The summed E-state index contributed by atoms with van der Waals surface area (Å²) >= 11 is 0. The average molecular weight is 244 g/mol. The van der Waals surface area contributed by atoms with Crippen molar-refractivity contribution in [3.63, 3.8) is 0 Å². The van der Waals surface area contributed by atoms with Crippen LogP contribution >= 0.6 is 0 Å². The summed E-state index contributed by atoms with van der Waals surface area (Å²) in [5, 5.41) is 6.04. The van der Waals surface area contributed by atoms with E-state index in [1.165, 1.54) is 6.26 Å². The zero-order valence-corrected chi connectivity index (χ0v) is 10.3. The van der Waals surface area contributed by atoms with Crippen LogP contribution in [0.3, 0.4) is 0 Å². The molecule has 4 heteroatoms. The third-order valence-electron chi connectivity index (χ3n) is 2.51. The minimum atomic E-state index is -0.236. The molecule has 0 aliphatic rings. The summed E-state index contributed by atoms with van der Waals surface area (Å²) in [4.78, 5) is 11.8. The molecular weight excluding hydrogens is 228 g/mol. The molecule has 0 radical (unpaired) electrons. The maximum absolute atomic E-state index is 11.8. The third-order valence-corrected chi connectivity index (χ3v) is 2.51. The van der Waals surface area contributed by atoms with Crippen molar-refractivity contribution in [2.75, 3.05) is 11.9 Å². The molecule has 1 amide bonds. The van der Waals surface area contributed by atoms with Crippen molar-refractivity contribution in [3.8, 4) is 0 Å². The Hall–Kier alpha value is -2.07. The number of rotatable bonds is 5. The van der Waals surface area contributed by atoms with Crippen molar-refractivity contribution in [1.82, 2.24) is 5.32 Å².